The van der Waals surface area contributed by atoms with Crippen molar-refractivity contribution in [3.63, 3.8) is 0 Å². The second-order valence-corrected chi connectivity index (χ2v) is 4.72. The second kappa shape index (κ2) is 6.75. The summed E-state index contributed by atoms with van der Waals surface area (Å²) in [6, 6.07) is 7.89. The summed E-state index contributed by atoms with van der Waals surface area (Å²) in [5.41, 5.74) is 1.12. The van der Waals surface area contributed by atoms with Crippen LogP contribution in [0.25, 0.3) is 0 Å². The number of methoxy groups -OCH3 is 1. The lowest BCUT2D eigenvalue weighted by molar-refractivity contribution is 0.409. The third-order valence-electron chi connectivity index (χ3n) is 2.55. The van der Waals surface area contributed by atoms with Crippen molar-refractivity contribution in [3.05, 3.63) is 41.4 Å². The van der Waals surface area contributed by atoms with E-state index in [1.807, 2.05) is 29.6 Å². The third kappa shape index (κ3) is 3.96. The lowest BCUT2D eigenvalue weighted by atomic mass is 10.1. The Bertz CT molecular complexity index is 527. The van der Waals surface area contributed by atoms with Gasteiger partial charge >= 0.3 is 0 Å². The summed E-state index contributed by atoms with van der Waals surface area (Å²) in [5.74, 6) is 1.13. The summed E-state index contributed by atoms with van der Waals surface area (Å²) >= 11 is 1.46. The molecule has 0 atom stereocenters. The molecular formula is C13H16N4OS. The molecule has 0 radical (unpaired) electrons. The van der Waals surface area contributed by atoms with E-state index in [0.717, 1.165) is 22.9 Å². The fraction of sp³-hybridized carbons (Fsp3) is 0.231. The first-order valence-corrected chi connectivity index (χ1v) is 6.78. The number of rotatable bonds is 5. The normalized spacial score (nSPS) is 9.95. The van der Waals surface area contributed by atoms with Crippen LogP contribution in [0.3, 0.4) is 0 Å². The molecular weight excluding hydrogens is 260 g/mol. The Balaban J connectivity index is 1.78. The highest BCUT2D eigenvalue weighted by Gasteiger charge is 2.02. The minimum atomic E-state index is 0.254. The molecule has 6 heteroatoms. The van der Waals surface area contributed by atoms with Gasteiger partial charge in [-0.05, 0) is 18.1 Å². The zero-order chi connectivity index (χ0) is 13.5. The van der Waals surface area contributed by atoms with Crippen molar-refractivity contribution in [2.45, 2.75) is 6.42 Å². The number of anilines is 1. The first-order valence-electron chi connectivity index (χ1n) is 5.90. The maximum atomic E-state index is 7.74. The maximum absolute atomic E-state index is 7.74. The van der Waals surface area contributed by atoms with E-state index in [1.54, 1.807) is 13.3 Å². The molecule has 0 bridgehead atoms. The smallest absolute Gasteiger partial charge is 0.194 e. The Kier molecular flexibility index (Phi) is 4.74. The molecule has 0 fully saturated rings. The minimum absolute atomic E-state index is 0.254. The van der Waals surface area contributed by atoms with Crippen LogP contribution in [0, 0.1) is 5.41 Å². The number of thiazole rings is 1. The summed E-state index contributed by atoms with van der Waals surface area (Å²) in [4.78, 5) is 4.06. The summed E-state index contributed by atoms with van der Waals surface area (Å²) in [6.07, 6.45) is 2.50. The van der Waals surface area contributed by atoms with E-state index < -0.39 is 0 Å². The molecule has 0 saturated heterocycles. The second-order valence-electron chi connectivity index (χ2n) is 3.83. The van der Waals surface area contributed by atoms with Crippen LogP contribution in [0.2, 0.25) is 0 Å². The van der Waals surface area contributed by atoms with Crippen LogP contribution >= 0.6 is 11.3 Å². The van der Waals surface area contributed by atoms with Crippen LogP contribution in [0.5, 0.6) is 5.75 Å². The fourth-order valence-corrected chi connectivity index (χ4v) is 2.20. The zero-order valence-electron chi connectivity index (χ0n) is 10.6. The number of hydrogen-bond acceptors (Lipinski definition) is 4. The molecule has 2 rings (SSSR count). The van der Waals surface area contributed by atoms with Gasteiger partial charge in [-0.1, -0.05) is 18.2 Å². The van der Waals surface area contributed by atoms with Gasteiger partial charge in [0, 0.05) is 18.1 Å². The van der Waals surface area contributed by atoms with Crippen molar-refractivity contribution in [1.82, 2.24) is 10.3 Å². The summed E-state index contributed by atoms with van der Waals surface area (Å²) in [7, 11) is 1.66. The lowest BCUT2D eigenvalue weighted by Gasteiger charge is -2.10. The molecule has 3 N–H and O–H groups in total. The quantitative estimate of drug-likeness (QED) is 0.579. The van der Waals surface area contributed by atoms with E-state index >= 15 is 0 Å². The summed E-state index contributed by atoms with van der Waals surface area (Å²) < 4.78 is 5.28. The highest BCUT2D eigenvalue weighted by Crippen LogP contribution is 2.17. The number of nitrogens with zero attached hydrogens (tertiary/aromatic N) is 1. The van der Waals surface area contributed by atoms with Crippen LogP contribution in [0.1, 0.15) is 5.56 Å². The molecule has 19 heavy (non-hydrogen) atoms. The van der Waals surface area contributed by atoms with Crippen molar-refractivity contribution >= 4 is 22.4 Å². The molecule has 100 valence electrons. The van der Waals surface area contributed by atoms with Crippen molar-refractivity contribution in [2.75, 3.05) is 19.0 Å². The summed E-state index contributed by atoms with van der Waals surface area (Å²) in [6.45, 7) is 0.664. The molecule has 0 amide bonds. The van der Waals surface area contributed by atoms with Crippen LogP contribution in [0.4, 0.5) is 5.13 Å². The largest absolute Gasteiger partial charge is 0.496 e. The topological polar surface area (TPSA) is 70.0 Å². The Morgan fingerprint density at radius 3 is 3.00 bits per heavy atom. The van der Waals surface area contributed by atoms with E-state index in [4.69, 9.17) is 10.1 Å². The SMILES string of the molecule is COc1ccccc1CCNC(=N)Nc1nccs1. The van der Waals surface area contributed by atoms with E-state index in [9.17, 15) is 0 Å². The average molecular weight is 276 g/mol. The van der Waals surface area contributed by atoms with Gasteiger partial charge in [0.2, 0.25) is 0 Å². The molecule has 1 aromatic heterocycles. The van der Waals surface area contributed by atoms with Crippen LogP contribution in [0.15, 0.2) is 35.8 Å². The van der Waals surface area contributed by atoms with Gasteiger partial charge in [0.1, 0.15) is 5.75 Å². The maximum Gasteiger partial charge on any atom is 0.194 e. The molecule has 0 saturated carbocycles. The van der Waals surface area contributed by atoms with Crippen LogP contribution in [-0.4, -0.2) is 24.6 Å². The standard InChI is InChI=1S/C13H16N4OS/c1-18-11-5-3-2-4-10(11)6-7-15-12(14)17-13-16-8-9-19-13/h2-5,8-9H,6-7H2,1H3,(H3,14,15,16,17). The number of guanidine groups is 1. The van der Waals surface area contributed by atoms with Gasteiger partial charge in [0.15, 0.2) is 11.1 Å². The van der Waals surface area contributed by atoms with Crippen molar-refractivity contribution < 1.29 is 4.74 Å². The molecule has 2 aromatic rings. The number of benzene rings is 1. The van der Waals surface area contributed by atoms with Crippen molar-refractivity contribution in [2.24, 2.45) is 0 Å². The molecule has 1 heterocycles. The van der Waals surface area contributed by atoms with E-state index in [-0.39, 0.29) is 5.96 Å². The average Bonchev–Trinajstić information content (AvgIpc) is 2.92. The van der Waals surface area contributed by atoms with Gasteiger partial charge in [-0.3, -0.25) is 5.41 Å². The molecule has 0 unspecified atom stereocenters. The molecule has 1 aromatic carbocycles. The zero-order valence-corrected chi connectivity index (χ0v) is 11.5. The van der Waals surface area contributed by atoms with E-state index in [0.29, 0.717) is 6.54 Å². The Hall–Kier alpha value is -2.08. The van der Waals surface area contributed by atoms with Gasteiger partial charge in [-0.2, -0.15) is 0 Å². The predicted molar refractivity (Wildman–Crippen MR) is 78.2 cm³/mol. The highest BCUT2D eigenvalue weighted by molar-refractivity contribution is 7.13. The number of nitrogens with one attached hydrogen (secondary N) is 3. The third-order valence-corrected chi connectivity index (χ3v) is 3.24. The summed E-state index contributed by atoms with van der Waals surface area (Å²) in [5, 5.41) is 16.2. The highest BCUT2D eigenvalue weighted by atomic mass is 32.1. The Morgan fingerprint density at radius 2 is 2.26 bits per heavy atom. The van der Waals surface area contributed by atoms with Crippen LogP contribution < -0.4 is 15.4 Å². The number of ether oxygens (including phenoxy) is 1. The molecule has 5 nitrogen and oxygen atoms in total. The van der Waals surface area contributed by atoms with Crippen molar-refractivity contribution in [1.29, 1.82) is 5.41 Å². The molecule has 0 aliphatic rings. The number of hydrogen-bond donors (Lipinski definition) is 3. The van der Waals surface area contributed by atoms with Gasteiger partial charge in [-0.25, -0.2) is 4.98 Å². The minimum Gasteiger partial charge on any atom is -0.496 e. The van der Waals surface area contributed by atoms with Crippen LogP contribution in [-0.2, 0) is 6.42 Å². The van der Waals surface area contributed by atoms with Gasteiger partial charge < -0.3 is 15.4 Å². The van der Waals surface area contributed by atoms with Gasteiger partial charge in [0.25, 0.3) is 0 Å². The molecule has 0 aliphatic carbocycles. The predicted octanol–water partition coefficient (Wildman–Crippen LogP) is 2.33. The lowest BCUT2D eigenvalue weighted by Crippen LogP contribution is -2.31. The van der Waals surface area contributed by atoms with Gasteiger partial charge in [-0.15, -0.1) is 11.3 Å². The first-order chi connectivity index (χ1) is 9.29. The monoisotopic (exact) mass is 276 g/mol. The van der Waals surface area contributed by atoms with Gasteiger partial charge in [0.05, 0.1) is 7.11 Å². The number of para-hydroxylation sites is 1. The molecule has 0 spiro atoms. The van der Waals surface area contributed by atoms with Crippen molar-refractivity contribution in [3.8, 4) is 5.75 Å². The Morgan fingerprint density at radius 1 is 1.42 bits per heavy atom. The number of aromatic nitrogens is 1. The first kappa shape index (κ1) is 13.4. The Labute approximate surface area is 116 Å². The fourth-order valence-electron chi connectivity index (χ4n) is 1.67. The van der Waals surface area contributed by atoms with E-state index in [2.05, 4.69) is 15.6 Å². The molecule has 0 aliphatic heterocycles. The van der Waals surface area contributed by atoms with E-state index in [1.165, 1.54) is 11.3 Å².